The Hall–Kier alpha value is -1.69. The summed E-state index contributed by atoms with van der Waals surface area (Å²) in [6.45, 7) is 7.03. The van der Waals surface area contributed by atoms with E-state index in [0.29, 0.717) is 17.4 Å². The number of carbonyl (C=O) groups is 2. The molecule has 0 spiro atoms. The van der Waals surface area contributed by atoms with Crippen LogP contribution in [0.1, 0.15) is 49.5 Å². The number of rotatable bonds is 4. The predicted molar refractivity (Wildman–Crippen MR) is 95.5 cm³/mol. The number of thioether (sulfide) groups is 1. The van der Waals surface area contributed by atoms with Crippen molar-refractivity contribution in [2.45, 2.75) is 50.2 Å². The maximum atomic E-state index is 12.2. The number of piperidine rings is 1. The lowest BCUT2D eigenvalue weighted by Gasteiger charge is -2.33. The van der Waals surface area contributed by atoms with Crippen LogP contribution in [0.15, 0.2) is 24.3 Å². The number of amides is 1. The molecule has 1 aliphatic heterocycles. The predicted octanol–water partition coefficient (Wildman–Crippen LogP) is 4.02. The monoisotopic (exact) mass is 351 g/mol. The van der Waals surface area contributed by atoms with Crippen LogP contribution in [0.5, 0.6) is 0 Å². The molecule has 1 N–H and O–H groups in total. The van der Waals surface area contributed by atoms with Crippen molar-refractivity contribution in [1.29, 1.82) is 0 Å². The molecule has 1 unspecified atom stereocenters. The SMILES string of the molecule is CC(C)(C)OC(=O)N1CCCC(SCc2cccc(C(=O)O)c2)C1. The van der Waals surface area contributed by atoms with Gasteiger partial charge < -0.3 is 14.7 Å². The van der Waals surface area contributed by atoms with E-state index < -0.39 is 11.6 Å². The molecule has 0 aliphatic carbocycles. The third kappa shape index (κ3) is 5.74. The summed E-state index contributed by atoms with van der Waals surface area (Å²) in [5, 5.41) is 9.40. The fraction of sp³-hybridized carbons (Fsp3) is 0.556. The molecule has 1 fully saturated rings. The van der Waals surface area contributed by atoms with Crippen molar-refractivity contribution in [3.63, 3.8) is 0 Å². The van der Waals surface area contributed by atoms with Crippen LogP contribution in [-0.2, 0) is 10.5 Å². The Morgan fingerprint density at radius 2 is 2.12 bits per heavy atom. The number of hydrogen-bond donors (Lipinski definition) is 1. The molecule has 1 aromatic rings. The third-order valence-electron chi connectivity index (χ3n) is 3.69. The average Bonchev–Trinajstić information content (AvgIpc) is 2.52. The van der Waals surface area contributed by atoms with Gasteiger partial charge in [0, 0.05) is 24.1 Å². The van der Waals surface area contributed by atoms with Crippen molar-refractivity contribution in [3.05, 3.63) is 35.4 Å². The van der Waals surface area contributed by atoms with Gasteiger partial charge in [-0.1, -0.05) is 12.1 Å². The third-order valence-corrected chi connectivity index (χ3v) is 5.05. The number of hydrogen-bond acceptors (Lipinski definition) is 4. The van der Waals surface area contributed by atoms with E-state index in [9.17, 15) is 9.59 Å². The molecule has 1 amide bonds. The lowest BCUT2D eigenvalue weighted by Crippen LogP contribution is -2.43. The number of carboxylic acid groups (broad SMARTS) is 1. The van der Waals surface area contributed by atoms with E-state index in [1.807, 2.05) is 26.8 Å². The first-order chi connectivity index (χ1) is 11.2. The first-order valence-corrected chi connectivity index (χ1v) is 9.21. The van der Waals surface area contributed by atoms with Gasteiger partial charge in [0.1, 0.15) is 5.60 Å². The zero-order valence-electron chi connectivity index (χ0n) is 14.4. The van der Waals surface area contributed by atoms with Crippen LogP contribution < -0.4 is 0 Å². The van der Waals surface area contributed by atoms with Crippen molar-refractivity contribution in [2.24, 2.45) is 0 Å². The summed E-state index contributed by atoms with van der Waals surface area (Å²) >= 11 is 1.77. The second-order valence-corrected chi connectivity index (χ2v) is 8.30. The Labute approximate surface area is 147 Å². The Morgan fingerprint density at radius 3 is 2.79 bits per heavy atom. The van der Waals surface area contributed by atoms with Gasteiger partial charge in [-0.15, -0.1) is 0 Å². The van der Waals surface area contributed by atoms with Crippen LogP contribution in [-0.4, -0.2) is 46.0 Å². The lowest BCUT2D eigenvalue weighted by molar-refractivity contribution is 0.0220. The number of ether oxygens (including phenoxy) is 1. The minimum atomic E-state index is -0.907. The molecule has 5 nitrogen and oxygen atoms in total. The normalized spacial score (nSPS) is 18.3. The van der Waals surface area contributed by atoms with Gasteiger partial charge in [0.05, 0.1) is 5.56 Å². The summed E-state index contributed by atoms with van der Waals surface area (Å²) in [5.41, 5.74) is 0.829. The first kappa shape index (κ1) is 18.6. The quantitative estimate of drug-likeness (QED) is 0.887. The number of carbonyl (C=O) groups excluding carboxylic acids is 1. The molecule has 24 heavy (non-hydrogen) atoms. The van der Waals surface area contributed by atoms with Gasteiger partial charge in [0.25, 0.3) is 0 Å². The number of benzene rings is 1. The zero-order chi connectivity index (χ0) is 17.7. The van der Waals surface area contributed by atoms with Crippen molar-refractivity contribution in [1.82, 2.24) is 4.90 Å². The van der Waals surface area contributed by atoms with Gasteiger partial charge in [-0.05, 0) is 51.3 Å². The molecule has 132 valence electrons. The fourth-order valence-corrected chi connectivity index (χ4v) is 3.80. The second-order valence-electron chi connectivity index (χ2n) is 7.01. The van der Waals surface area contributed by atoms with E-state index in [2.05, 4.69) is 0 Å². The summed E-state index contributed by atoms with van der Waals surface area (Å²) in [7, 11) is 0. The summed E-state index contributed by atoms with van der Waals surface area (Å²) in [6, 6.07) is 7.02. The van der Waals surface area contributed by atoms with Crippen molar-refractivity contribution >= 4 is 23.8 Å². The average molecular weight is 351 g/mol. The topological polar surface area (TPSA) is 66.8 Å². The molecule has 0 radical (unpaired) electrons. The summed E-state index contributed by atoms with van der Waals surface area (Å²) < 4.78 is 5.44. The van der Waals surface area contributed by atoms with E-state index in [1.54, 1.807) is 34.9 Å². The molecule has 1 atom stereocenters. The van der Waals surface area contributed by atoms with Crippen molar-refractivity contribution in [3.8, 4) is 0 Å². The molecule has 1 aliphatic rings. The summed E-state index contributed by atoms with van der Waals surface area (Å²) in [5.74, 6) is -0.163. The van der Waals surface area contributed by atoms with E-state index in [-0.39, 0.29) is 6.09 Å². The van der Waals surface area contributed by atoms with Crippen LogP contribution >= 0.6 is 11.8 Å². The minimum absolute atomic E-state index is 0.249. The largest absolute Gasteiger partial charge is 0.478 e. The zero-order valence-corrected chi connectivity index (χ0v) is 15.3. The van der Waals surface area contributed by atoms with E-state index in [0.717, 1.165) is 30.7 Å². The van der Waals surface area contributed by atoms with Gasteiger partial charge in [0.15, 0.2) is 0 Å². The molecule has 1 heterocycles. The molecule has 2 rings (SSSR count). The van der Waals surface area contributed by atoms with Crippen LogP contribution in [0.4, 0.5) is 4.79 Å². The van der Waals surface area contributed by atoms with Crippen LogP contribution in [0.3, 0.4) is 0 Å². The van der Waals surface area contributed by atoms with Crippen LogP contribution in [0.2, 0.25) is 0 Å². The highest BCUT2D eigenvalue weighted by molar-refractivity contribution is 7.99. The number of likely N-dealkylation sites (tertiary alicyclic amines) is 1. The highest BCUT2D eigenvalue weighted by Gasteiger charge is 2.27. The van der Waals surface area contributed by atoms with E-state index >= 15 is 0 Å². The van der Waals surface area contributed by atoms with Crippen LogP contribution in [0.25, 0.3) is 0 Å². The molecule has 0 aromatic heterocycles. The van der Waals surface area contributed by atoms with Crippen LogP contribution in [0, 0.1) is 0 Å². The number of aromatic carboxylic acids is 1. The summed E-state index contributed by atoms with van der Waals surface area (Å²) in [4.78, 5) is 25.0. The smallest absolute Gasteiger partial charge is 0.410 e. The highest BCUT2D eigenvalue weighted by atomic mass is 32.2. The molecule has 1 saturated heterocycles. The van der Waals surface area contributed by atoms with Crippen molar-refractivity contribution in [2.75, 3.05) is 13.1 Å². The Balaban J connectivity index is 1.88. The maximum Gasteiger partial charge on any atom is 0.410 e. The van der Waals surface area contributed by atoms with Gasteiger partial charge in [-0.25, -0.2) is 9.59 Å². The highest BCUT2D eigenvalue weighted by Crippen LogP contribution is 2.27. The van der Waals surface area contributed by atoms with Gasteiger partial charge in [-0.2, -0.15) is 11.8 Å². The summed E-state index contributed by atoms with van der Waals surface area (Å²) in [6.07, 6.45) is 1.77. The molecule has 1 aromatic carbocycles. The Bertz CT molecular complexity index is 597. The minimum Gasteiger partial charge on any atom is -0.478 e. The maximum absolute atomic E-state index is 12.2. The van der Waals surface area contributed by atoms with Gasteiger partial charge in [-0.3, -0.25) is 0 Å². The van der Waals surface area contributed by atoms with Gasteiger partial charge >= 0.3 is 12.1 Å². The Morgan fingerprint density at radius 1 is 1.38 bits per heavy atom. The van der Waals surface area contributed by atoms with E-state index in [4.69, 9.17) is 9.84 Å². The standard InChI is InChI=1S/C18H25NO4S/c1-18(2,3)23-17(22)19-9-5-8-15(11-19)24-12-13-6-4-7-14(10-13)16(20)21/h4,6-7,10,15H,5,8-9,11-12H2,1-3H3,(H,20,21). The number of nitrogens with zero attached hydrogens (tertiary/aromatic N) is 1. The van der Waals surface area contributed by atoms with E-state index in [1.165, 1.54) is 0 Å². The molecular weight excluding hydrogens is 326 g/mol. The molecular formula is C18H25NO4S. The van der Waals surface area contributed by atoms with Gasteiger partial charge in [0.2, 0.25) is 0 Å². The molecule has 0 bridgehead atoms. The fourth-order valence-electron chi connectivity index (χ4n) is 2.57. The first-order valence-electron chi connectivity index (χ1n) is 8.16. The van der Waals surface area contributed by atoms with Crippen molar-refractivity contribution < 1.29 is 19.4 Å². The Kier molecular flexibility index (Phi) is 6.15. The molecule has 0 saturated carbocycles. The molecule has 6 heteroatoms. The second kappa shape index (κ2) is 7.92. The number of carboxylic acids is 1. The lowest BCUT2D eigenvalue weighted by atomic mass is 10.1.